The number of aliphatic hydroxyl groups is 1. The van der Waals surface area contributed by atoms with Gasteiger partial charge in [0.1, 0.15) is 0 Å². The van der Waals surface area contributed by atoms with Crippen LogP contribution in [-0.4, -0.2) is 35.1 Å². The van der Waals surface area contributed by atoms with Gasteiger partial charge in [0, 0.05) is 13.1 Å². The molecule has 1 unspecified atom stereocenters. The van der Waals surface area contributed by atoms with Gasteiger partial charge >= 0.3 is 0 Å². The molecule has 1 saturated heterocycles. The molecule has 3 nitrogen and oxygen atoms in total. The lowest BCUT2D eigenvalue weighted by Gasteiger charge is -2.14. The fourth-order valence-electron chi connectivity index (χ4n) is 1.58. The van der Waals surface area contributed by atoms with Crippen LogP contribution in [0.2, 0.25) is 0 Å². The van der Waals surface area contributed by atoms with Gasteiger partial charge in [0.05, 0.1) is 19.2 Å². The van der Waals surface area contributed by atoms with Crippen LogP contribution in [0.5, 0.6) is 0 Å². The Hall–Kier alpha value is 0.0900. The Kier molecular flexibility index (Phi) is 3.49. The van der Waals surface area contributed by atoms with Crippen molar-refractivity contribution in [3.8, 4) is 0 Å². The molecule has 0 saturated carbocycles. The quantitative estimate of drug-likeness (QED) is 0.841. The lowest BCUT2D eigenvalue weighted by atomic mass is 10.3. The van der Waals surface area contributed by atoms with Crippen LogP contribution in [-0.2, 0) is 0 Å². The van der Waals surface area contributed by atoms with Gasteiger partial charge in [0.2, 0.25) is 0 Å². The third kappa shape index (κ3) is 2.43. The fraction of sp³-hybridized carbons (Fsp3) is 0.444. The van der Waals surface area contributed by atoms with Crippen molar-refractivity contribution in [1.82, 2.24) is 4.90 Å². The minimum atomic E-state index is -0.366. The largest absolute Gasteiger partial charge is 0.391 e. The van der Waals surface area contributed by atoms with Crippen LogP contribution in [0.3, 0.4) is 0 Å². The number of rotatable bonds is 1. The highest BCUT2D eigenvalue weighted by molar-refractivity contribution is 9.12. The van der Waals surface area contributed by atoms with Crippen LogP contribution < -0.4 is 0 Å². The summed E-state index contributed by atoms with van der Waals surface area (Å²) in [5.74, 6) is -0.0135. The number of amides is 1. The topological polar surface area (TPSA) is 40.5 Å². The van der Waals surface area contributed by atoms with E-state index >= 15 is 0 Å². The maximum Gasteiger partial charge on any atom is 0.255 e. The van der Waals surface area contributed by atoms with E-state index in [-0.39, 0.29) is 12.0 Å². The lowest BCUT2D eigenvalue weighted by Crippen LogP contribution is -2.29. The highest BCUT2D eigenvalue weighted by Crippen LogP contribution is 2.33. The maximum absolute atomic E-state index is 12.0. The Bertz CT molecular complexity index is 393. The Morgan fingerprint density at radius 3 is 2.80 bits per heavy atom. The predicted octanol–water partition coefficient (Wildman–Crippen LogP) is 2.48. The van der Waals surface area contributed by atoms with Gasteiger partial charge in [-0.15, -0.1) is 11.3 Å². The van der Waals surface area contributed by atoms with Gasteiger partial charge in [-0.1, -0.05) is 0 Å². The van der Waals surface area contributed by atoms with Crippen molar-refractivity contribution in [2.75, 3.05) is 13.1 Å². The van der Waals surface area contributed by atoms with E-state index in [0.717, 1.165) is 7.57 Å². The number of carbonyl (C=O) groups excluding carboxylic acids is 1. The van der Waals surface area contributed by atoms with E-state index in [0.29, 0.717) is 25.1 Å². The van der Waals surface area contributed by atoms with Crippen LogP contribution in [0.15, 0.2) is 13.6 Å². The SMILES string of the molecule is O=C(c1cc(Br)sc1Br)N1CCC(O)C1. The summed E-state index contributed by atoms with van der Waals surface area (Å²) >= 11 is 8.18. The molecule has 1 aromatic heterocycles. The first-order chi connectivity index (χ1) is 7.08. The van der Waals surface area contributed by atoms with Crippen molar-refractivity contribution in [2.24, 2.45) is 0 Å². The molecular weight excluding hydrogens is 346 g/mol. The standard InChI is InChI=1S/C9H9Br2NO2S/c10-7-3-6(8(11)15-7)9(14)12-2-1-5(13)4-12/h3,5,13H,1-2,4H2. The zero-order chi connectivity index (χ0) is 11.0. The minimum Gasteiger partial charge on any atom is -0.391 e. The lowest BCUT2D eigenvalue weighted by molar-refractivity contribution is 0.0764. The Morgan fingerprint density at radius 1 is 1.60 bits per heavy atom. The van der Waals surface area contributed by atoms with Gasteiger partial charge in [-0.2, -0.15) is 0 Å². The number of thiophene rings is 1. The van der Waals surface area contributed by atoms with Crippen molar-refractivity contribution < 1.29 is 9.90 Å². The summed E-state index contributed by atoms with van der Waals surface area (Å²) in [6, 6.07) is 1.81. The first kappa shape index (κ1) is 11.6. The highest BCUT2D eigenvalue weighted by atomic mass is 79.9. The van der Waals surface area contributed by atoms with Crippen molar-refractivity contribution in [3.63, 3.8) is 0 Å². The molecule has 1 atom stereocenters. The summed E-state index contributed by atoms with van der Waals surface area (Å²) in [4.78, 5) is 13.7. The number of aliphatic hydroxyl groups excluding tert-OH is 1. The van der Waals surface area contributed by atoms with E-state index in [1.54, 1.807) is 4.90 Å². The average molecular weight is 355 g/mol. The molecule has 0 radical (unpaired) electrons. The average Bonchev–Trinajstić information content (AvgIpc) is 2.71. The van der Waals surface area contributed by atoms with Gasteiger partial charge < -0.3 is 10.0 Å². The molecule has 0 aromatic carbocycles. The second-order valence-electron chi connectivity index (χ2n) is 3.43. The molecule has 1 aliphatic rings. The normalized spacial score (nSPS) is 21.0. The number of halogens is 2. The zero-order valence-electron chi connectivity index (χ0n) is 7.74. The van der Waals surface area contributed by atoms with E-state index in [4.69, 9.17) is 0 Å². The van der Waals surface area contributed by atoms with E-state index in [1.807, 2.05) is 6.07 Å². The number of likely N-dealkylation sites (tertiary alicyclic amines) is 1. The van der Waals surface area contributed by atoms with E-state index in [1.165, 1.54) is 11.3 Å². The van der Waals surface area contributed by atoms with Gasteiger partial charge in [-0.25, -0.2) is 0 Å². The molecule has 6 heteroatoms. The second-order valence-corrected chi connectivity index (χ2v) is 7.18. The maximum atomic E-state index is 12.0. The van der Waals surface area contributed by atoms with Gasteiger partial charge in [-0.3, -0.25) is 4.79 Å². The Labute approximate surface area is 108 Å². The molecule has 2 rings (SSSR count). The molecule has 0 bridgehead atoms. The zero-order valence-corrected chi connectivity index (χ0v) is 11.7. The molecule has 1 aliphatic heterocycles. The van der Waals surface area contributed by atoms with Crippen molar-refractivity contribution in [1.29, 1.82) is 0 Å². The van der Waals surface area contributed by atoms with Crippen LogP contribution in [0, 0.1) is 0 Å². The number of β-amino-alcohol motifs (C(OH)–C–C–N with tert-alkyl or cyclic N) is 1. The minimum absolute atomic E-state index is 0.0135. The van der Waals surface area contributed by atoms with Crippen LogP contribution in [0.1, 0.15) is 16.8 Å². The molecule has 0 spiro atoms. The van der Waals surface area contributed by atoms with Gasteiger partial charge in [-0.05, 0) is 44.3 Å². The molecular formula is C9H9Br2NO2S. The molecule has 1 fully saturated rings. The Morgan fingerprint density at radius 2 is 2.33 bits per heavy atom. The van der Waals surface area contributed by atoms with Crippen molar-refractivity contribution >= 4 is 49.1 Å². The summed E-state index contributed by atoms with van der Waals surface area (Å²) in [6.45, 7) is 1.08. The Balaban J connectivity index is 2.17. The van der Waals surface area contributed by atoms with Crippen molar-refractivity contribution in [2.45, 2.75) is 12.5 Å². The molecule has 82 valence electrons. The number of hydrogen-bond acceptors (Lipinski definition) is 3. The summed E-state index contributed by atoms with van der Waals surface area (Å²) < 4.78 is 1.76. The smallest absolute Gasteiger partial charge is 0.255 e. The van der Waals surface area contributed by atoms with Crippen molar-refractivity contribution in [3.05, 3.63) is 19.2 Å². The second kappa shape index (κ2) is 4.53. The van der Waals surface area contributed by atoms with E-state index in [9.17, 15) is 9.90 Å². The van der Waals surface area contributed by atoms with Gasteiger partial charge in [0.25, 0.3) is 5.91 Å². The third-order valence-electron chi connectivity index (χ3n) is 2.34. The first-order valence-corrected chi connectivity index (χ1v) is 6.90. The monoisotopic (exact) mass is 353 g/mol. The fourth-order valence-corrected chi connectivity index (χ4v) is 4.36. The van der Waals surface area contributed by atoms with E-state index in [2.05, 4.69) is 31.9 Å². The summed E-state index contributed by atoms with van der Waals surface area (Å²) in [5.41, 5.74) is 0.668. The number of hydrogen-bond donors (Lipinski definition) is 1. The predicted molar refractivity (Wildman–Crippen MR) is 66.2 cm³/mol. The van der Waals surface area contributed by atoms with Crippen LogP contribution in [0.25, 0.3) is 0 Å². The first-order valence-electron chi connectivity index (χ1n) is 4.50. The molecule has 1 aromatic rings. The van der Waals surface area contributed by atoms with Gasteiger partial charge in [0.15, 0.2) is 0 Å². The summed E-state index contributed by atoms with van der Waals surface area (Å²) in [6.07, 6.45) is 0.309. The third-order valence-corrected chi connectivity index (χ3v) is 4.68. The molecule has 15 heavy (non-hydrogen) atoms. The van der Waals surface area contributed by atoms with Crippen LogP contribution >= 0.6 is 43.2 Å². The number of carbonyl (C=O) groups is 1. The van der Waals surface area contributed by atoms with Crippen LogP contribution in [0.4, 0.5) is 0 Å². The molecule has 1 N–H and O–H groups in total. The van der Waals surface area contributed by atoms with E-state index < -0.39 is 0 Å². The molecule has 0 aliphatic carbocycles. The number of nitrogens with zero attached hydrogens (tertiary/aromatic N) is 1. The highest BCUT2D eigenvalue weighted by Gasteiger charge is 2.27. The summed E-state index contributed by atoms with van der Waals surface area (Å²) in [7, 11) is 0. The molecule has 2 heterocycles. The summed E-state index contributed by atoms with van der Waals surface area (Å²) in [5, 5.41) is 9.36. The molecule has 1 amide bonds.